The van der Waals surface area contributed by atoms with Gasteiger partial charge in [0.2, 0.25) is 5.95 Å². The van der Waals surface area contributed by atoms with Crippen molar-refractivity contribution in [1.29, 1.82) is 0 Å². The van der Waals surface area contributed by atoms with Crippen molar-refractivity contribution in [3.8, 4) is 0 Å². The van der Waals surface area contributed by atoms with E-state index in [1.165, 1.54) is 6.20 Å². The van der Waals surface area contributed by atoms with Crippen LogP contribution >= 0.6 is 0 Å². The summed E-state index contributed by atoms with van der Waals surface area (Å²) in [6.07, 6.45) is 1.31. The van der Waals surface area contributed by atoms with Gasteiger partial charge in [0.1, 0.15) is 5.52 Å². The second-order valence-corrected chi connectivity index (χ2v) is 3.68. The first-order valence-corrected chi connectivity index (χ1v) is 5.65. The molecule has 6 nitrogen and oxygen atoms in total. The Morgan fingerprint density at radius 1 is 1.35 bits per heavy atom. The van der Waals surface area contributed by atoms with Crippen LogP contribution in [0.3, 0.4) is 0 Å². The van der Waals surface area contributed by atoms with Crippen LogP contribution in [0.25, 0.3) is 11.2 Å². The fraction of sp³-hybridized carbons (Fsp3) is 0.455. The Balaban J connectivity index is 2.78. The highest BCUT2D eigenvalue weighted by Gasteiger charge is 2.09. The molecular formula is C11H15N5O. The van der Waals surface area contributed by atoms with E-state index in [1.807, 2.05) is 20.8 Å². The molecular weight excluding hydrogens is 218 g/mol. The van der Waals surface area contributed by atoms with Crippen LogP contribution < -0.4 is 10.9 Å². The first-order chi connectivity index (χ1) is 8.17. The molecule has 0 spiro atoms. The predicted molar refractivity (Wildman–Crippen MR) is 66.2 cm³/mol. The normalized spacial score (nSPS) is 10.8. The molecule has 90 valence electrons. The highest BCUT2D eigenvalue weighted by Crippen LogP contribution is 2.12. The van der Waals surface area contributed by atoms with E-state index < -0.39 is 0 Å². The maximum absolute atomic E-state index is 11.7. The summed E-state index contributed by atoms with van der Waals surface area (Å²) < 4.78 is 1.60. The number of aromatic nitrogens is 4. The van der Waals surface area contributed by atoms with Gasteiger partial charge in [0.25, 0.3) is 5.56 Å². The van der Waals surface area contributed by atoms with E-state index in [0.29, 0.717) is 23.7 Å². The van der Waals surface area contributed by atoms with Gasteiger partial charge in [0.05, 0.1) is 11.9 Å². The summed E-state index contributed by atoms with van der Waals surface area (Å²) >= 11 is 0. The molecule has 0 bridgehead atoms. The minimum atomic E-state index is -0.138. The molecule has 0 aromatic carbocycles. The molecule has 1 N–H and O–H groups in total. The van der Waals surface area contributed by atoms with Crippen molar-refractivity contribution in [3.05, 3.63) is 22.2 Å². The van der Waals surface area contributed by atoms with Gasteiger partial charge in [-0.05, 0) is 20.8 Å². The van der Waals surface area contributed by atoms with Crippen LogP contribution in [0.2, 0.25) is 0 Å². The van der Waals surface area contributed by atoms with Crippen molar-refractivity contribution in [2.24, 2.45) is 0 Å². The fourth-order valence-corrected chi connectivity index (χ4v) is 1.73. The molecule has 2 heterocycles. The van der Waals surface area contributed by atoms with Crippen LogP contribution in [-0.4, -0.2) is 26.1 Å². The van der Waals surface area contributed by atoms with Crippen LogP contribution in [0, 0.1) is 6.92 Å². The molecule has 0 atom stereocenters. The van der Waals surface area contributed by atoms with Gasteiger partial charge in [-0.2, -0.15) is 4.98 Å². The summed E-state index contributed by atoms with van der Waals surface area (Å²) in [7, 11) is 0. The first-order valence-electron chi connectivity index (χ1n) is 5.65. The van der Waals surface area contributed by atoms with Gasteiger partial charge in [0.15, 0.2) is 5.65 Å². The number of hydrogen-bond acceptors (Lipinski definition) is 5. The molecule has 0 aliphatic rings. The highest BCUT2D eigenvalue weighted by atomic mass is 16.1. The third kappa shape index (κ3) is 1.98. The molecule has 6 heteroatoms. The lowest BCUT2D eigenvalue weighted by atomic mass is 10.3. The van der Waals surface area contributed by atoms with E-state index in [0.717, 1.165) is 12.2 Å². The van der Waals surface area contributed by atoms with Gasteiger partial charge in [-0.15, -0.1) is 0 Å². The molecule has 0 radical (unpaired) electrons. The molecule has 2 rings (SSSR count). The monoisotopic (exact) mass is 233 g/mol. The van der Waals surface area contributed by atoms with E-state index >= 15 is 0 Å². The molecule has 17 heavy (non-hydrogen) atoms. The second kappa shape index (κ2) is 4.48. The predicted octanol–water partition coefficient (Wildman–Crippen LogP) is 0.947. The average Bonchev–Trinajstić information content (AvgIpc) is 2.29. The number of aryl methyl sites for hydroxylation is 2. The third-order valence-corrected chi connectivity index (χ3v) is 2.52. The fourth-order valence-electron chi connectivity index (χ4n) is 1.73. The molecule has 0 unspecified atom stereocenters. The lowest BCUT2D eigenvalue weighted by molar-refractivity contribution is 0.740. The first kappa shape index (κ1) is 11.5. The van der Waals surface area contributed by atoms with Crippen LogP contribution in [0.4, 0.5) is 5.95 Å². The third-order valence-electron chi connectivity index (χ3n) is 2.52. The lowest BCUT2D eigenvalue weighted by Gasteiger charge is -2.09. The number of rotatable bonds is 3. The number of anilines is 1. The highest BCUT2D eigenvalue weighted by molar-refractivity contribution is 5.73. The number of hydrogen-bond donors (Lipinski definition) is 1. The summed E-state index contributed by atoms with van der Waals surface area (Å²) in [4.78, 5) is 24.4. The Labute approximate surface area is 98.7 Å². The molecule has 2 aromatic heterocycles. The summed E-state index contributed by atoms with van der Waals surface area (Å²) in [6, 6.07) is 0. The summed E-state index contributed by atoms with van der Waals surface area (Å²) in [6.45, 7) is 7.05. The summed E-state index contributed by atoms with van der Waals surface area (Å²) in [5, 5.41) is 3.05. The van der Waals surface area contributed by atoms with E-state index in [-0.39, 0.29) is 5.56 Å². The minimum Gasteiger partial charge on any atom is -0.354 e. The Morgan fingerprint density at radius 3 is 2.76 bits per heavy atom. The van der Waals surface area contributed by atoms with Crippen LogP contribution in [0.15, 0.2) is 11.0 Å². The molecule has 0 amide bonds. The Bertz CT molecular complexity index is 605. The number of fused-ring (bicyclic) bond motifs is 1. The molecule has 0 saturated carbocycles. The van der Waals surface area contributed by atoms with Crippen molar-refractivity contribution in [2.45, 2.75) is 27.3 Å². The summed E-state index contributed by atoms with van der Waals surface area (Å²) in [5.74, 6) is 0.534. The largest absolute Gasteiger partial charge is 0.354 e. The van der Waals surface area contributed by atoms with Crippen molar-refractivity contribution in [3.63, 3.8) is 0 Å². The van der Waals surface area contributed by atoms with E-state index in [2.05, 4.69) is 20.3 Å². The van der Waals surface area contributed by atoms with Crippen molar-refractivity contribution >= 4 is 17.1 Å². The van der Waals surface area contributed by atoms with E-state index in [1.54, 1.807) is 4.57 Å². The van der Waals surface area contributed by atoms with Gasteiger partial charge in [0, 0.05) is 13.1 Å². The lowest BCUT2D eigenvalue weighted by Crippen LogP contribution is -2.21. The van der Waals surface area contributed by atoms with Gasteiger partial charge < -0.3 is 5.32 Å². The van der Waals surface area contributed by atoms with Gasteiger partial charge in [-0.25, -0.2) is 9.97 Å². The smallest absolute Gasteiger partial charge is 0.270 e. The minimum absolute atomic E-state index is 0.138. The number of nitrogens with one attached hydrogen (secondary N) is 1. The Morgan fingerprint density at radius 2 is 2.12 bits per heavy atom. The van der Waals surface area contributed by atoms with Crippen molar-refractivity contribution in [1.82, 2.24) is 19.5 Å². The Kier molecular flexibility index (Phi) is 3.03. The van der Waals surface area contributed by atoms with Crippen molar-refractivity contribution in [2.75, 3.05) is 11.9 Å². The topological polar surface area (TPSA) is 72.7 Å². The van der Waals surface area contributed by atoms with Gasteiger partial charge >= 0.3 is 0 Å². The van der Waals surface area contributed by atoms with Gasteiger partial charge in [-0.1, -0.05) is 0 Å². The molecule has 0 fully saturated rings. The van der Waals surface area contributed by atoms with Gasteiger partial charge in [-0.3, -0.25) is 9.36 Å². The van der Waals surface area contributed by atoms with E-state index in [9.17, 15) is 4.79 Å². The standard InChI is InChI=1S/C11H15N5O/c1-4-12-11-14-7(3)9-10(15-11)16(5-2)8(17)6-13-9/h6H,4-5H2,1-3H3,(H,12,14,15). The maximum atomic E-state index is 11.7. The molecule has 0 aliphatic heterocycles. The molecule has 0 saturated heterocycles. The SMILES string of the molecule is CCNc1nc(C)c2ncc(=O)n(CC)c2n1. The average molecular weight is 233 g/mol. The zero-order valence-electron chi connectivity index (χ0n) is 10.2. The summed E-state index contributed by atoms with van der Waals surface area (Å²) in [5.41, 5.74) is 1.89. The quantitative estimate of drug-likeness (QED) is 0.854. The van der Waals surface area contributed by atoms with Crippen LogP contribution in [-0.2, 0) is 6.54 Å². The zero-order valence-corrected chi connectivity index (χ0v) is 10.2. The van der Waals surface area contributed by atoms with Crippen LogP contribution in [0.1, 0.15) is 19.5 Å². The number of nitrogens with zero attached hydrogens (tertiary/aromatic N) is 4. The van der Waals surface area contributed by atoms with E-state index in [4.69, 9.17) is 0 Å². The van der Waals surface area contributed by atoms with Crippen molar-refractivity contribution < 1.29 is 0 Å². The van der Waals surface area contributed by atoms with Crippen LogP contribution in [0.5, 0.6) is 0 Å². The molecule has 0 aliphatic carbocycles. The molecule has 2 aromatic rings. The maximum Gasteiger partial charge on any atom is 0.270 e. The second-order valence-electron chi connectivity index (χ2n) is 3.68. The Hall–Kier alpha value is -1.98. The zero-order chi connectivity index (χ0) is 12.4.